The SMILES string of the molecule is O/C=C\O[C@H](O)C(O)C(O)CO. The Kier molecular flexibility index (Phi) is 5.39. The Labute approximate surface area is 69.0 Å². The summed E-state index contributed by atoms with van der Waals surface area (Å²) < 4.78 is 4.28. The molecule has 0 saturated heterocycles. The second-order valence-electron chi connectivity index (χ2n) is 2.05. The first-order valence-electron chi connectivity index (χ1n) is 3.23. The van der Waals surface area contributed by atoms with Crippen molar-refractivity contribution in [3.63, 3.8) is 0 Å². The van der Waals surface area contributed by atoms with Gasteiger partial charge in [0.25, 0.3) is 0 Å². The molecule has 0 heterocycles. The van der Waals surface area contributed by atoms with Gasteiger partial charge in [0.2, 0.25) is 6.29 Å². The monoisotopic (exact) mass is 180 g/mol. The van der Waals surface area contributed by atoms with Gasteiger partial charge >= 0.3 is 0 Å². The Morgan fingerprint density at radius 2 is 1.83 bits per heavy atom. The van der Waals surface area contributed by atoms with E-state index in [1.54, 1.807) is 0 Å². The lowest BCUT2D eigenvalue weighted by atomic mass is 10.2. The van der Waals surface area contributed by atoms with Crippen LogP contribution in [0, 0.1) is 0 Å². The van der Waals surface area contributed by atoms with Crippen molar-refractivity contribution in [3.8, 4) is 0 Å². The van der Waals surface area contributed by atoms with E-state index < -0.39 is 25.1 Å². The maximum Gasteiger partial charge on any atom is 0.225 e. The van der Waals surface area contributed by atoms with Crippen LogP contribution < -0.4 is 0 Å². The zero-order valence-electron chi connectivity index (χ0n) is 6.24. The van der Waals surface area contributed by atoms with Crippen molar-refractivity contribution in [2.75, 3.05) is 6.61 Å². The normalized spacial score (nSPS) is 19.0. The van der Waals surface area contributed by atoms with Gasteiger partial charge in [-0.1, -0.05) is 0 Å². The van der Waals surface area contributed by atoms with Gasteiger partial charge in [-0.2, -0.15) is 0 Å². The van der Waals surface area contributed by atoms with Crippen molar-refractivity contribution in [2.45, 2.75) is 18.5 Å². The quantitative estimate of drug-likeness (QED) is 0.249. The van der Waals surface area contributed by atoms with Crippen LogP contribution in [0.2, 0.25) is 0 Å². The van der Waals surface area contributed by atoms with Crippen LogP contribution >= 0.6 is 0 Å². The second-order valence-corrected chi connectivity index (χ2v) is 2.05. The molecule has 2 unspecified atom stereocenters. The van der Waals surface area contributed by atoms with E-state index >= 15 is 0 Å². The molecule has 0 aromatic rings. The van der Waals surface area contributed by atoms with Gasteiger partial charge in [0.15, 0.2) is 0 Å². The molecule has 0 aromatic carbocycles. The van der Waals surface area contributed by atoms with Crippen molar-refractivity contribution in [1.82, 2.24) is 0 Å². The van der Waals surface area contributed by atoms with Gasteiger partial charge in [0.05, 0.1) is 6.61 Å². The molecule has 0 radical (unpaired) electrons. The standard InChI is InChI=1S/C6H12O6/c7-1-2-12-6(11)5(10)4(9)3-8/h1-2,4-11H,3H2/b2-1-/t4?,5?,6-/m0/s1. The molecule has 0 amide bonds. The molecule has 12 heavy (non-hydrogen) atoms. The van der Waals surface area contributed by atoms with E-state index in [2.05, 4.69) is 4.74 Å². The first kappa shape index (κ1) is 11.2. The average Bonchev–Trinajstić information content (AvgIpc) is 2.11. The van der Waals surface area contributed by atoms with Gasteiger partial charge < -0.3 is 30.3 Å². The summed E-state index contributed by atoms with van der Waals surface area (Å²) in [4.78, 5) is 0. The molecule has 0 aromatic heterocycles. The molecule has 0 spiro atoms. The molecule has 0 aliphatic carbocycles. The summed E-state index contributed by atoms with van der Waals surface area (Å²) in [5.74, 6) is 0. The van der Waals surface area contributed by atoms with Crippen molar-refractivity contribution in [2.24, 2.45) is 0 Å². The summed E-state index contributed by atoms with van der Waals surface area (Å²) in [7, 11) is 0. The summed E-state index contributed by atoms with van der Waals surface area (Å²) in [5.41, 5.74) is 0. The third kappa shape index (κ3) is 3.54. The van der Waals surface area contributed by atoms with E-state index in [1.807, 2.05) is 0 Å². The number of hydrogen-bond donors (Lipinski definition) is 5. The van der Waals surface area contributed by atoms with Crippen LogP contribution in [0.5, 0.6) is 0 Å². The summed E-state index contributed by atoms with van der Waals surface area (Å²) in [6.07, 6.45) is -3.53. The van der Waals surface area contributed by atoms with E-state index in [0.29, 0.717) is 6.26 Å². The van der Waals surface area contributed by atoms with Gasteiger partial charge in [-0.25, -0.2) is 0 Å². The van der Waals surface area contributed by atoms with Gasteiger partial charge in [-0.05, 0) is 0 Å². The van der Waals surface area contributed by atoms with Crippen LogP contribution in [0.25, 0.3) is 0 Å². The molecule has 5 N–H and O–H groups in total. The minimum atomic E-state index is -1.68. The van der Waals surface area contributed by atoms with Crippen molar-refractivity contribution < 1.29 is 30.3 Å². The molecular weight excluding hydrogens is 168 g/mol. The second kappa shape index (κ2) is 5.78. The number of ether oxygens (including phenoxy) is 1. The van der Waals surface area contributed by atoms with Crippen molar-refractivity contribution >= 4 is 0 Å². The molecule has 0 aliphatic heterocycles. The van der Waals surface area contributed by atoms with Gasteiger partial charge in [0.1, 0.15) is 24.7 Å². The molecule has 72 valence electrons. The number of aliphatic hydroxyl groups excluding tert-OH is 5. The lowest BCUT2D eigenvalue weighted by Crippen LogP contribution is -2.40. The maximum atomic E-state index is 8.91. The van der Waals surface area contributed by atoms with Gasteiger partial charge in [0, 0.05) is 0 Å². The Morgan fingerprint density at radius 3 is 2.25 bits per heavy atom. The highest BCUT2D eigenvalue weighted by Crippen LogP contribution is 2.01. The summed E-state index contributed by atoms with van der Waals surface area (Å²) >= 11 is 0. The zero-order valence-corrected chi connectivity index (χ0v) is 6.24. The summed E-state index contributed by atoms with van der Waals surface area (Å²) in [6.45, 7) is -0.690. The maximum absolute atomic E-state index is 8.91. The predicted octanol–water partition coefficient (Wildman–Crippen LogP) is -1.94. The van der Waals surface area contributed by atoms with Gasteiger partial charge in [-0.3, -0.25) is 0 Å². The Morgan fingerprint density at radius 1 is 1.25 bits per heavy atom. The van der Waals surface area contributed by atoms with E-state index in [4.69, 9.17) is 25.5 Å². The molecule has 0 fully saturated rings. The first-order chi connectivity index (χ1) is 5.63. The van der Waals surface area contributed by atoms with Crippen LogP contribution in [0.1, 0.15) is 0 Å². The van der Waals surface area contributed by atoms with Crippen LogP contribution in [-0.2, 0) is 4.74 Å². The number of aliphatic hydroxyl groups is 5. The van der Waals surface area contributed by atoms with E-state index in [1.165, 1.54) is 0 Å². The fraction of sp³-hybridized carbons (Fsp3) is 0.667. The van der Waals surface area contributed by atoms with E-state index in [0.717, 1.165) is 6.26 Å². The highest BCUT2D eigenvalue weighted by Gasteiger charge is 2.24. The van der Waals surface area contributed by atoms with E-state index in [-0.39, 0.29) is 0 Å². The first-order valence-corrected chi connectivity index (χ1v) is 3.23. The highest BCUT2D eigenvalue weighted by molar-refractivity contribution is 4.70. The molecule has 0 saturated carbocycles. The van der Waals surface area contributed by atoms with Crippen LogP contribution in [-0.4, -0.2) is 50.6 Å². The molecule has 3 atom stereocenters. The fourth-order valence-corrected chi connectivity index (χ4v) is 0.494. The number of rotatable bonds is 5. The molecule has 0 aliphatic rings. The minimum absolute atomic E-state index is 0.515. The van der Waals surface area contributed by atoms with Crippen LogP contribution in [0.4, 0.5) is 0 Å². The van der Waals surface area contributed by atoms with E-state index in [9.17, 15) is 0 Å². The molecule has 0 bridgehead atoms. The largest absolute Gasteiger partial charge is 0.512 e. The summed E-state index contributed by atoms with van der Waals surface area (Å²) in [6, 6.07) is 0. The van der Waals surface area contributed by atoms with Gasteiger partial charge in [-0.15, -0.1) is 0 Å². The van der Waals surface area contributed by atoms with Crippen molar-refractivity contribution in [1.29, 1.82) is 0 Å². The Bertz CT molecular complexity index is 136. The summed E-state index contributed by atoms with van der Waals surface area (Å²) in [5, 5.41) is 42.9. The molecular formula is C6H12O6. The lowest BCUT2D eigenvalue weighted by Gasteiger charge is -2.20. The Balaban J connectivity index is 3.82. The third-order valence-electron chi connectivity index (χ3n) is 1.15. The lowest BCUT2D eigenvalue weighted by molar-refractivity contribution is -0.168. The highest BCUT2D eigenvalue weighted by atomic mass is 16.6. The zero-order chi connectivity index (χ0) is 9.56. The molecule has 0 rings (SSSR count). The Hall–Kier alpha value is -0.820. The third-order valence-corrected chi connectivity index (χ3v) is 1.15. The van der Waals surface area contributed by atoms with Crippen molar-refractivity contribution in [3.05, 3.63) is 12.5 Å². The topological polar surface area (TPSA) is 110 Å². The molecule has 6 nitrogen and oxygen atoms in total. The number of hydrogen-bond acceptors (Lipinski definition) is 6. The molecule has 6 heteroatoms. The predicted molar refractivity (Wildman–Crippen MR) is 38.0 cm³/mol. The average molecular weight is 180 g/mol. The van der Waals surface area contributed by atoms with Crippen LogP contribution in [0.15, 0.2) is 12.5 Å². The fourth-order valence-electron chi connectivity index (χ4n) is 0.494. The smallest absolute Gasteiger partial charge is 0.225 e. The minimum Gasteiger partial charge on any atom is -0.512 e. The van der Waals surface area contributed by atoms with Crippen LogP contribution in [0.3, 0.4) is 0 Å².